The van der Waals surface area contributed by atoms with Crippen LogP contribution in [0.3, 0.4) is 0 Å². The molecule has 2 heterocycles. The summed E-state index contributed by atoms with van der Waals surface area (Å²) < 4.78 is 0. The van der Waals surface area contributed by atoms with Gasteiger partial charge in [-0.1, -0.05) is 11.5 Å². The molecule has 2 amide bonds. The van der Waals surface area contributed by atoms with Gasteiger partial charge in [0.15, 0.2) is 0 Å². The number of carbonyl (C=O) groups is 2. The van der Waals surface area contributed by atoms with Gasteiger partial charge in [-0.05, 0) is 25.3 Å². The number of carbonyl (C=O) groups excluding carboxylic acids is 2. The highest BCUT2D eigenvalue weighted by molar-refractivity contribution is 8.00. The Hall–Kier alpha value is -1.40. The lowest BCUT2D eigenvalue weighted by atomic mass is 10.0. The molecule has 0 saturated carbocycles. The molecule has 19 heavy (non-hydrogen) atoms. The monoisotopic (exact) mass is 283 g/mol. The lowest BCUT2D eigenvalue weighted by Gasteiger charge is -2.17. The second-order valence-corrected chi connectivity index (χ2v) is 6.16. The van der Waals surface area contributed by atoms with Crippen LogP contribution in [0.5, 0.6) is 0 Å². The first-order valence-corrected chi connectivity index (χ1v) is 7.40. The molecule has 104 valence electrons. The van der Waals surface area contributed by atoms with Gasteiger partial charge >= 0.3 is 6.03 Å². The van der Waals surface area contributed by atoms with Crippen LogP contribution in [0.1, 0.15) is 26.2 Å². The minimum atomic E-state index is -0.552. The van der Waals surface area contributed by atoms with Gasteiger partial charge in [0.1, 0.15) is 5.78 Å². The zero-order valence-corrected chi connectivity index (χ0v) is 11.5. The number of nitrogens with zero attached hydrogens (tertiary/aromatic N) is 3. The van der Waals surface area contributed by atoms with Crippen LogP contribution in [0, 0.1) is 0 Å². The van der Waals surface area contributed by atoms with E-state index in [0.29, 0.717) is 11.7 Å². The lowest BCUT2D eigenvalue weighted by molar-refractivity contribution is -0.118. The summed E-state index contributed by atoms with van der Waals surface area (Å²) in [6.07, 6.45) is 2.31. The molecule has 0 aliphatic carbocycles. The molecule has 4 atom stereocenters. The van der Waals surface area contributed by atoms with Crippen LogP contribution in [0.25, 0.3) is 10.4 Å². The first kappa shape index (κ1) is 14.0. The van der Waals surface area contributed by atoms with Crippen molar-refractivity contribution in [1.29, 1.82) is 0 Å². The van der Waals surface area contributed by atoms with Gasteiger partial charge in [-0.2, -0.15) is 11.8 Å². The van der Waals surface area contributed by atoms with Crippen LogP contribution in [0.4, 0.5) is 4.79 Å². The molecule has 8 heteroatoms. The molecule has 2 saturated heterocycles. The number of urea groups is 1. The number of azide groups is 1. The van der Waals surface area contributed by atoms with Crippen molar-refractivity contribution in [2.24, 2.45) is 5.11 Å². The molecule has 7 nitrogen and oxygen atoms in total. The second-order valence-electron chi connectivity index (χ2n) is 4.88. The van der Waals surface area contributed by atoms with Crippen LogP contribution in [0.15, 0.2) is 5.11 Å². The molecule has 2 fully saturated rings. The zero-order chi connectivity index (χ0) is 13.8. The molecule has 2 N–H and O–H groups in total. The third-order valence-corrected chi connectivity index (χ3v) is 5.07. The number of ketones is 1. The molecule has 2 aliphatic rings. The molecule has 2 rings (SSSR count). The molecule has 2 aliphatic heterocycles. The Kier molecular flexibility index (Phi) is 4.55. The summed E-state index contributed by atoms with van der Waals surface area (Å²) in [7, 11) is 0. The van der Waals surface area contributed by atoms with E-state index in [1.54, 1.807) is 0 Å². The Morgan fingerprint density at radius 1 is 1.63 bits per heavy atom. The highest BCUT2D eigenvalue weighted by atomic mass is 32.2. The predicted octanol–water partition coefficient (Wildman–Crippen LogP) is 1.59. The third kappa shape index (κ3) is 3.33. The Bertz CT molecular complexity index is 421. The van der Waals surface area contributed by atoms with Gasteiger partial charge in [-0.3, -0.25) is 4.79 Å². The number of rotatable bonds is 6. The van der Waals surface area contributed by atoms with Crippen molar-refractivity contribution in [3.63, 3.8) is 0 Å². The van der Waals surface area contributed by atoms with Gasteiger partial charge in [-0.25, -0.2) is 4.79 Å². The minimum absolute atomic E-state index is 0.0870. The Labute approximate surface area is 115 Å². The second kappa shape index (κ2) is 6.16. The lowest BCUT2D eigenvalue weighted by Crippen LogP contribution is -2.36. The molecule has 1 unspecified atom stereocenters. The topological polar surface area (TPSA) is 107 Å². The van der Waals surface area contributed by atoms with Gasteiger partial charge < -0.3 is 10.6 Å². The normalized spacial score (nSPS) is 29.9. The van der Waals surface area contributed by atoms with Gasteiger partial charge in [0.05, 0.1) is 18.1 Å². The van der Waals surface area contributed by atoms with Crippen LogP contribution < -0.4 is 10.6 Å². The van der Waals surface area contributed by atoms with Crippen molar-refractivity contribution in [3.05, 3.63) is 10.4 Å². The maximum absolute atomic E-state index is 11.2. The van der Waals surface area contributed by atoms with E-state index < -0.39 is 6.04 Å². The molecule has 0 aromatic carbocycles. The van der Waals surface area contributed by atoms with E-state index in [-0.39, 0.29) is 23.9 Å². The smallest absolute Gasteiger partial charge is 0.315 e. The summed E-state index contributed by atoms with van der Waals surface area (Å²) in [5, 5.41) is 9.71. The van der Waals surface area contributed by atoms with E-state index in [2.05, 4.69) is 20.7 Å². The molecular weight excluding hydrogens is 266 g/mol. The highest BCUT2D eigenvalue weighted by Crippen LogP contribution is 2.33. The molecule has 0 spiro atoms. The number of fused-ring (bicyclic) bond motifs is 1. The molecule has 0 aromatic rings. The maximum Gasteiger partial charge on any atom is 0.315 e. The molecule has 0 bridgehead atoms. The van der Waals surface area contributed by atoms with Crippen molar-refractivity contribution in [3.8, 4) is 0 Å². The van der Waals surface area contributed by atoms with Crippen LogP contribution in [-0.2, 0) is 4.79 Å². The summed E-state index contributed by atoms with van der Waals surface area (Å²) in [5.74, 6) is 0.839. The van der Waals surface area contributed by atoms with E-state index in [0.717, 1.165) is 18.6 Å². The largest absolute Gasteiger partial charge is 0.332 e. The standard InChI is InChI=1S/C11H17N5O2S/c1-6(17)7(15-16-12)3-2-4-9-10-8(5-19-9)13-11(18)14-10/h7-10H,2-5H2,1H3,(H2,13,14,18)/t7?,8-,9-,10-/m0/s1. The number of Topliss-reactive ketones (excluding diaryl/α,β-unsaturated/α-hetero) is 1. The van der Waals surface area contributed by atoms with Gasteiger partial charge in [-0.15, -0.1) is 0 Å². The number of hydrogen-bond donors (Lipinski definition) is 2. The zero-order valence-electron chi connectivity index (χ0n) is 10.7. The average Bonchev–Trinajstić information content (AvgIpc) is 2.88. The minimum Gasteiger partial charge on any atom is -0.332 e. The van der Waals surface area contributed by atoms with Crippen LogP contribution >= 0.6 is 11.8 Å². The number of nitrogens with one attached hydrogen (secondary N) is 2. The first-order valence-electron chi connectivity index (χ1n) is 6.35. The van der Waals surface area contributed by atoms with Crippen molar-refractivity contribution in [2.45, 2.75) is 49.6 Å². The quantitative estimate of drug-likeness (QED) is 0.334. The number of amides is 2. The van der Waals surface area contributed by atoms with Crippen LogP contribution in [0.2, 0.25) is 0 Å². The van der Waals surface area contributed by atoms with E-state index in [4.69, 9.17) is 5.53 Å². The fraction of sp³-hybridized carbons (Fsp3) is 0.818. The third-order valence-electron chi connectivity index (χ3n) is 3.56. The molecular formula is C11H17N5O2S. The van der Waals surface area contributed by atoms with E-state index in [9.17, 15) is 9.59 Å². The fourth-order valence-electron chi connectivity index (χ4n) is 2.56. The summed E-state index contributed by atoms with van der Waals surface area (Å²) in [6.45, 7) is 1.45. The van der Waals surface area contributed by atoms with Crippen molar-refractivity contribution < 1.29 is 9.59 Å². The number of hydrogen-bond acceptors (Lipinski definition) is 4. The highest BCUT2D eigenvalue weighted by Gasteiger charge is 2.42. The fourth-order valence-corrected chi connectivity index (χ4v) is 4.10. The van der Waals surface area contributed by atoms with Crippen molar-refractivity contribution in [1.82, 2.24) is 10.6 Å². The Balaban J connectivity index is 1.78. The van der Waals surface area contributed by atoms with Crippen LogP contribution in [-0.4, -0.2) is 40.9 Å². The summed E-state index contributed by atoms with van der Waals surface area (Å²) in [5.41, 5.74) is 8.39. The van der Waals surface area contributed by atoms with Crippen molar-refractivity contribution in [2.75, 3.05) is 5.75 Å². The van der Waals surface area contributed by atoms with Gasteiger partial charge in [0, 0.05) is 15.9 Å². The summed E-state index contributed by atoms with van der Waals surface area (Å²) in [4.78, 5) is 25.2. The van der Waals surface area contributed by atoms with Crippen molar-refractivity contribution >= 4 is 23.6 Å². The molecule has 0 aromatic heterocycles. The van der Waals surface area contributed by atoms with Gasteiger partial charge in [0.25, 0.3) is 0 Å². The Morgan fingerprint density at radius 2 is 2.42 bits per heavy atom. The van der Waals surface area contributed by atoms with E-state index in [1.807, 2.05) is 11.8 Å². The summed E-state index contributed by atoms with van der Waals surface area (Å²) in [6, 6.07) is -0.226. The average molecular weight is 283 g/mol. The number of thioether (sulfide) groups is 1. The maximum atomic E-state index is 11.2. The predicted molar refractivity (Wildman–Crippen MR) is 73.0 cm³/mol. The van der Waals surface area contributed by atoms with E-state index >= 15 is 0 Å². The first-order chi connectivity index (χ1) is 9.11. The van der Waals surface area contributed by atoms with Gasteiger partial charge in [0.2, 0.25) is 0 Å². The molecule has 0 radical (unpaired) electrons. The Morgan fingerprint density at radius 3 is 3.11 bits per heavy atom. The SMILES string of the molecule is CC(=O)C(CCC[C@@H]1SC[C@@H]2NC(=O)N[C@@H]21)N=[N+]=[N-]. The van der Waals surface area contributed by atoms with E-state index in [1.165, 1.54) is 6.92 Å². The summed E-state index contributed by atoms with van der Waals surface area (Å²) >= 11 is 1.84.